The molecule has 0 fully saturated rings. The molecule has 1 aromatic heterocycles. The number of hydrogen-bond acceptors (Lipinski definition) is 5. The summed E-state index contributed by atoms with van der Waals surface area (Å²) in [6.45, 7) is 4.43. The van der Waals surface area contributed by atoms with E-state index in [9.17, 15) is 4.79 Å². The molecule has 0 atom stereocenters. The predicted octanol–water partition coefficient (Wildman–Crippen LogP) is 5.50. The summed E-state index contributed by atoms with van der Waals surface area (Å²) in [7, 11) is 0. The molecule has 0 unspecified atom stereocenters. The van der Waals surface area contributed by atoms with Crippen molar-refractivity contribution in [2.24, 2.45) is 0 Å². The molecule has 29 heavy (non-hydrogen) atoms. The van der Waals surface area contributed by atoms with Crippen molar-refractivity contribution in [2.45, 2.75) is 20.3 Å². The zero-order valence-electron chi connectivity index (χ0n) is 16.4. The zero-order valence-corrected chi connectivity index (χ0v) is 17.1. The number of halogens is 1. The van der Waals surface area contributed by atoms with Gasteiger partial charge in [0.2, 0.25) is 5.89 Å². The van der Waals surface area contributed by atoms with Gasteiger partial charge in [0.25, 0.3) is 0 Å². The van der Waals surface area contributed by atoms with Crippen LogP contribution in [-0.4, -0.2) is 24.2 Å². The zero-order chi connectivity index (χ0) is 20.6. The number of nitrogens with zero attached hydrogens (tertiary/aromatic N) is 1. The highest BCUT2D eigenvalue weighted by atomic mass is 35.5. The summed E-state index contributed by atoms with van der Waals surface area (Å²) in [5, 5.41) is 0.493. The summed E-state index contributed by atoms with van der Waals surface area (Å²) in [5.41, 5.74) is 2.52. The number of rotatable bonds is 8. The minimum Gasteiger partial charge on any atom is -0.493 e. The van der Waals surface area contributed by atoms with Crippen LogP contribution >= 0.6 is 11.6 Å². The molecule has 0 spiro atoms. The molecule has 0 bridgehead atoms. The molecule has 3 rings (SSSR count). The fraction of sp³-hybridized carbons (Fsp3) is 0.217. The lowest BCUT2D eigenvalue weighted by Gasteiger charge is -2.07. The number of carbonyl (C=O) groups is 1. The maximum Gasteiger partial charge on any atom is 0.330 e. The Morgan fingerprint density at radius 1 is 1.21 bits per heavy atom. The molecule has 0 aliphatic rings. The molecule has 2 aromatic carbocycles. The Morgan fingerprint density at radius 3 is 2.72 bits per heavy atom. The van der Waals surface area contributed by atoms with Gasteiger partial charge < -0.3 is 13.9 Å². The highest BCUT2D eigenvalue weighted by Crippen LogP contribution is 2.25. The Hall–Kier alpha value is -3.05. The molecule has 0 aliphatic heterocycles. The van der Waals surface area contributed by atoms with E-state index in [4.69, 9.17) is 25.5 Å². The lowest BCUT2D eigenvalue weighted by molar-refractivity contribution is -0.137. The Bertz CT molecular complexity index is 995. The Morgan fingerprint density at radius 2 is 2.00 bits per heavy atom. The highest BCUT2D eigenvalue weighted by Gasteiger charge is 2.11. The van der Waals surface area contributed by atoms with Gasteiger partial charge in [-0.05, 0) is 55.8 Å². The largest absolute Gasteiger partial charge is 0.493 e. The fourth-order valence-electron chi connectivity index (χ4n) is 2.71. The van der Waals surface area contributed by atoms with E-state index in [1.54, 1.807) is 25.1 Å². The first-order valence-electron chi connectivity index (χ1n) is 9.35. The lowest BCUT2D eigenvalue weighted by atomic mass is 10.2. The van der Waals surface area contributed by atoms with E-state index in [-0.39, 0.29) is 0 Å². The molecule has 0 saturated heterocycles. The number of aryl methyl sites for hydroxylation is 1. The molecule has 0 saturated carbocycles. The standard InChI is InChI=1S/C23H22ClNO4/c1-3-27-22(26)12-10-17-9-11-19(15-20(17)24)28-14-13-21-16(2)29-23(25-21)18-7-5-4-6-8-18/h4-12,15H,3,13-14H2,1-2H3. The first-order chi connectivity index (χ1) is 14.1. The topological polar surface area (TPSA) is 61.6 Å². The predicted molar refractivity (Wildman–Crippen MR) is 113 cm³/mol. The van der Waals surface area contributed by atoms with Crippen LogP contribution in [0.4, 0.5) is 0 Å². The molecule has 0 aliphatic carbocycles. The Kier molecular flexibility index (Phi) is 7.09. The number of esters is 1. The third-order valence-corrected chi connectivity index (χ3v) is 4.51. The Labute approximate surface area is 174 Å². The van der Waals surface area contributed by atoms with Crippen molar-refractivity contribution in [1.29, 1.82) is 0 Å². The second kappa shape index (κ2) is 9.94. The van der Waals surface area contributed by atoms with Gasteiger partial charge in [-0.15, -0.1) is 0 Å². The van der Waals surface area contributed by atoms with Gasteiger partial charge in [-0.1, -0.05) is 29.8 Å². The normalized spacial score (nSPS) is 11.0. The highest BCUT2D eigenvalue weighted by molar-refractivity contribution is 6.32. The van der Waals surface area contributed by atoms with Gasteiger partial charge in [-0.3, -0.25) is 0 Å². The number of benzene rings is 2. The first-order valence-corrected chi connectivity index (χ1v) is 9.73. The van der Waals surface area contributed by atoms with Crippen LogP contribution in [-0.2, 0) is 16.0 Å². The SMILES string of the molecule is CCOC(=O)C=Cc1ccc(OCCc2nc(-c3ccccc3)oc2C)cc1Cl. The minimum atomic E-state index is -0.401. The van der Waals surface area contributed by atoms with E-state index < -0.39 is 5.97 Å². The van der Waals surface area contributed by atoms with Crippen LogP contribution in [0.3, 0.4) is 0 Å². The number of oxazole rings is 1. The van der Waals surface area contributed by atoms with Gasteiger partial charge in [-0.2, -0.15) is 0 Å². The first kappa shape index (κ1) is 20.7. The van der Waals surface area contributed by atoms with Crippen molar-refractivity contribution in [2.75, 3.05) is 13.2 Å². The Balaban J connectivity index is 1.58. The van der Waals surface area contributed by atoms with E-state index >= 15 is 0 Å². The monoisotopic (exact) mass is 411 g/mol. The van der Waals surface area contributed by atoms with Crippen molar-refractivity contribution in [3.63, 3.8) is 0 Å². The van der Waals surface area contributed by atoms with Crippen LogP contribution in [0.5, 0.6) is 5.75 Å². The van der Waals surface area contributed by atoms with Crippen LogP contribution in [0.15, 0.2) is 59.0 Å². The lowest BCUT2D eigenvalue weighted by Crippen LogP contribution is -2.03. The number of carbonyl (C=O) groups excluding carboxylic acids is 1. The van der Waals surface area contributed by atoms with Crippen LogP contribution in [0, 0.1) is 6.92 Å². The average molecular weight is 412 g/mol. The third-order valence-electron chi connectivity index (χ3n) is 4.18. The molecule has 3 aromatic rings. The molecular formula is C23H22ClNO4. The number of aromatic nitrogens is 1. The van der Waals surface area contributed by atoms with Crippen molar-refractivity contribution >= 4 is 23.6 Å². The number of ether oxygens (including phenoxy) is 2. The van der Waals surface area contributed by atoms with Gasteiger partial charge in [0.1, 0.15) is 11.5 Å². The summed E-state index contributed by atoms with van der Waals surface area (Å²) in [4.78, 5) is 16.0. The second-order valence-electron chi connectivity index (χ2n) is 6.26. The fourth-order valence-corrected chi connectivity index (χ4v) is 2.94. The van der Waals surface area contributed by atoms with Gasteiger partial charge in [0.15, 0.2) is 0 Å². The van der Waals surface area contributed by atoms with Gasteiger partial charge in [0, 0.05) is 18.1 Å². The van der Waals surface area contributed by atoms with Crippen LogP contribution in [0.1, 0.15) is 23.9 Å². The molecule has 0 N–H and O–H groups in total. The van der Waals surface area contributed by atoms with Crippen molar-refractivity contribution in [3.05, 3.63) is 76.6 Å². The van der Waals surface area contributed by atoms with Crippen LogP contribution in [0.25, 0.3) is 17.5 Å². The maximum atomic E-state index is 11.4. The second-order valence-corrected chi connectivity index (χ2v) is 6.66. The average Bonchev–Trinajstić information content (AvgIpc) is 3.09. The van der Waals surface area contributed by atoms with Crippen molar-refractivity contribution in [1.82, 2.24) is 4.98 Å². The summed E-state index contributed by atoms with van der Waals surface area (Å²) < 4.78 is 16.4. The van der Waals surface area contributed by atoms with E-state index in [0.29, 0.717) is 41.9 Å². The molecule has 6 heteroatoms. The van der Waals surface area contributed by atoms with E-state index in [2.05, 4.69) is 4.98 Å². The number of hydrogen-bond donors (Lipinski definition) is 0. The molecule has 0 amide bonds. The molecule has 1 heterocycles. The quantitative estimate of drug-likeness (QED) is 0.361. The van der Waals surface area contributed by atoms with Gasteiger partial charge >= 0.3 is 5.97 Å². The van der Waals surface area contributed by atoms with Crippen molar-refractivity contribution < 1.29 is 18.7 Å². The smallest absolute Gasteiger partial charge is 0.330 e. The minimum absolute atomic E-state index is 0.335. The van der Waals surface area contributed by atoms with E-state index in [1.165, 1.54) is 6.08 Å². The summed E-state index contributed by atoms with van der Waals surface area (Å²) in [6.07, 6.45) is 3.58. The molecule has 5 nitrogen and oxygen atoms in total. The summed E-state index contributed by atoms with van der Waals surface area (Å²) in [5.74, 6) is 1.64. The molecular weight excluding hydrogens is 390 g/mol. The summed E-state index contributed by atoms with van der Waals surface area (Å²) in [6, 6.07) is 15.1. The molecule has 150 valence electrons. The maximum absolute atomic E-state index is 11.4. The summed E-state index contributed by atoms with van der Waals surface area (Å²) >= 11 is 6.27. The van der Waals surface area contributed by atoms with E-state index in [0.717, 1.165) is 17.0 Å². The van der Waals surface area contributed by atoms with Crippen LogP contribution in [0.2, 0.25) is 5.02 Å². The van der Waals surface area contributed by atoms with Gasteiger partial charge in [0.05, 0.1) is 23.9 Å². The van der Waals surface area contributed by atoms with E-state index in [1.807, 2.05) is 43.3 Å². The third kappa shape index (κ3) is 5.72. The molecule has 0 radical (unpaired) electrons. The van der Waals surface area contributed by atoms with Crippen molar-refractivity contribution in [3.8, 4) is 17.2 Å². The van der Waals surface area contributed by atoms with Gasteiger partial charge in [-0.25, -0.2) is 9.78 Å². The van der Waals surface area contributed by atoms with Crippen LogP contribution < -0.4 is 4.74 Å².